The van der Waals surface area contributed by atoms with Crippen molar-refractivity contribution in [3.63, 3.8) is 0 Å². The topological polar surface area (TPSA) is 76.2 Å². The largest absolute Gasteiger partial charge is 0.493 e. The number of aromatic nitrogens is 2. The summed E-state index contributed by atoms with van der Waals surface area (Å²) < 4.78 is 11.5. The maximum atomic E-state index is 12.5. The number of benzene rings is 2. The summed E-state index contributed by atoms with van der Waals surface area (Å²) in [6.45, 7) is 2.38. The fraction of sp³-hybridized carbons (Fsp3) is 0.176. The Bertz CT molecular complexity index is 859. The van der Waals surface area contributed by atoms with E-state index in [1.54, 1.807) is 12.1 Å². The van der Waals surface area contributed by atoms with Gasteiger partial charge in [-0.05, 0) is 47.1 Å². The van der Waals surface area contributed by atoms with E-state index in [2.05, 4.69) is 31.2 Å². The van der Waals surface area contributed by atoms with Crippen LogP contribution in [0.1, 0.15) is 17.3 Å². The average molecular weight is 390 g/mol. The van der Waals surface area contributed by atoms with Crippen molar-refractivity contribution >= 4 is 38.8 Å². The molecule has 0 aliphatic heterocycles. The van der Waals surface area contributed by atoms with Gasteiger partial charge in [0, 0.05) is 5.56 Å². The van der Waals surface area contributed by atoms with Crippen molar-refractivity contribution in [2.45, 2.75) is 6.92 Å². The molecule has 2 aromatic carbocycles. The molecule has 0 saturated heterocycles. The summed E-state index contributed by atoms with van der Waals surface area (Å²) in [6.07, 6.45) is 0. The van der Waals surface area contributed by atoms with Crippen molar-refractivity contribution in [1.82, 2.24) is 9.97 Å². The van der Waals surface area contributed by atoms with E-state index in [1.165, 1.54) is 7.11 Å². The lowest BCUT2D eigenvalue weighted by molar-refractivity contribution is 0.102. The lowest BCUT2D eigenvalue weighted by Gasteiger charge is -2.13. The van der Waals surface area contributed by atoms with Crippen molar-refractivity contribution < 1.29 is 14.3 Å². The summed E-state index contributed by atoms with van der Waals surface area (Å²) in [7, 11) is 1.53. The third-order valence-corrected chi connectivity index (χ3v) is 3.99. The van der Waals surface area contributed by atoms with Crippen LogP contribution in [0.3, 0.4) is 0 Å². The minimum atomic E-state index is -0.295. The Kier molecular flexibility index (Phi) is 4.71. The number of anilines is 1. The summed E-state index contributed by atoms with van der Waals surface area (Å²) in [4.78, 5) is 19.9. The molecule has 0 unspecified atom stereocenters. The maximum absolute atomic E-state index is 12.5. The number of aromatic amines is 1. The number of carbonyl (C=O) groups excluding carboxylic acids is 1. The van der Waals surface area contributed by atoms with Gasteiger partial charge in [0.1, 0.15) is 0 Å². The summed E-state index contributed by atoms with van der Waals surface area (Å²) in [6, 6.07) is 10.9. The summed E-state index contributed by atoms with van der Waals surface area (Å²) in [5, 5.41) is 2.75. The van der Waals surface area contributed by atoms with Gasteiger partial charge in [0.2, 0.25) is 5.95 Å². The standard InChI is InChI=1S/C17H16BrN3O3/c1-3-24-15-11(18)8-10(9-14(15)23-2)16(22)21-17-19-12-6-4-5-7-13(12)20-17/h4-9H,3H2,1-2H3,(H2,19,20,21,22). The first kappa shape index (κ1) is 16.3. The van der Waals surface area contributed by atoms with Gasteiger partial charge in [-0.15, -0.1) is 0 Å². The molecule has 3 rings (SSSR count). The molecule has 6 nitrogen and oxygen atoms in total. The zero-order valence-electron chi connectivity index (χ0n) is 13.2. The minimum absolute atomic E-state index is 0.295. The number of nitrogens with zero attached hydrogens (tertiary/aromatic N) is 1. The Morgan fingerprint density at radius 3 is 2.83 bits per heavy atom. The molecule has 0 aliphatic carbocycles. The summed E-state index contributed by atoms with van der Waals surface area (Å²) >= 11 is 3.41. The number of nitrogens with one attached hydrogen (secondary N) is 2. The first-order valence-electron chi connectivity index (χ1n) is 7.38. The number of halogens is 1. The van der Waals surface area contributed by atoms with E-state index in [0.29, 0.717) is 34.1 Å². The van der Waals surface area contributed by atoms with Crippen LogP contribution in [-0.2, 0) is 0 Å². The van der Waals surface area contributed by atoms with Crippen molar-refractivity contribution in [3.05, 3.63) is 46.4 Å². The monoisotopic (exact) mass is 389 g/mol. The fourth-order valence-corrected chi connectivity index (χ4v) is 2.88. The van der Waals surface area contributed by atoms with Crippen LogP contribution in [0.4, 0.5) is 5.95 Å². The normalized spacial score (nSPS) is 10.6. The molecule has 0 fully saturated rings. The van der Waals surface area contributed by atoms with Gasteiger partial charge < -0.3 is 14.5 Å². The first-order chi connectivity index (χ1) is 11.6. The zero-order valence-corrected chi connectivity index (χ0v) is 14.8. The molecule has 24 heavy (non-hydrogen) atoms. The van der Waals surface area contributed by atoms with Gasteiger partial charge in [0.25, 0.3) is 5.91 Å². The number of ether oxygens (including phenoxy) is 2. The van der Waals surface area contributed by atoms with Gasteiger partial charge in [-0.2, -0.15) is 0 Å². The van der Waals surface area contributed by atoms with Crippen LogP contribution in [0.25, 0.3) is 11.0 Å². The van der Waals surface area contributed by atoms with Crippen molar-refractivity contribution in [1.29, 1.82) is 0 Å². The highest BCUT2D eigenvalue weighted by molar-refractivity contribution is 9.10. The van der Waals surface area contributed by atoms with Crippen LogP contribution in [0.15, 0.2) is 40.9 Å². The molecule has 0 aliphatic rings. The van der Waals surface area contributed by atoms with Crippen molar-refractivity contribution in [3.8, 4) is 11.5 Å². The van der Waals surface area contributed by atoms with Crippen molar-refractivity contribution in [2.75, 3.05) is 19.0 Å². The number of para-hydroxylation sites is 2. The lowest BCUT2D eigenvalue weighted by atomic mass is 10.2. The third kappa shape index (κ3) is 3.21. The zero-order chi connectivity index (χ0) is 17.1. The van der Waals surface area contributed by atoms with Gasteiger partial charge in [-0.25, -0.2) is 4.98 Å². The molecule has 0 saturated carbocycles. The van der Waals surface area contributed by atoms with Crippen LogP contribution < -0.4 is 14.8 Å². The van der Waals surface area contributed by atoms with E-state index in [-0.39, 0.29) is 5.91 Å². The smallest absolute Gasteiger partial charge is 0.258 e. The predicted octanol–water partition coefficient (Wildman–Crippen LogP) is 3.99. The Labute approximate surface area is 147 Å². The molecule has 0 radical (unpaired) electrons. The van der Waals surface area contributed by atoms with Crippen LogP contribution in [0.5, 0.6) is 11.5 Å². The molecule has 124 valence electrons. The lowest BCUT2D eigenvalue weighted by Crippen LogP contribution is -2.13. The number of imidazole rings is 1. The number of fused-ring (bicyclic) bond motifs is 1. The average Bonchev–Trinajstić information content (AvgIpc) is 2.98. The van der Waals surface area contributed by atoms with E-state index in [1.807, 2.05) is 31.2 Å². The number of rotatable bonds is 5. The minimum Gasteiger partial charge on any atom is -0.493 e. The highest BCUT2D eigenvalue weighted by Crippen LogP contribution is 2.36. The number of H-pyrrole nitrogens is 1. The number of carbonyl (C=O) groups is 1. The first-order valence-corrected chi connectivity index (χ1v) is 8.18. The van der Waals surface area contributed by atoms with E-state index < -0.39 is 0 Å². The second-order valence-electron chi connectivity index (χ2n) is 4.98. The number of hydrogen-bond donors (Lipinski definition) is 2. The second kappa shape index (κ2) is 6.92. The molecule has 0 spiro atoms. The van der Waals surface area contributed by atoms with Crippen LogP contribution in [0.2, 0.25) is 0 Å². The van der Waals surface area contributed by atoms with Gasteiger partial charge >= 0.3 is 0 Å². The molecule has 0 bridgehead atoms. The Balaban J connectivity index is 1.87. The molecule has 1 amide bonds. The number of hydrogen-bond acceptors (Lipinski definition) is 4. The van der Waals surface area contributed by atoms with E-state index in [4.69, 9.17) is 9.47 Å². The molecule has 0 atom stereocenters. The maximum Gasteiger partial charge on any atom is 0.258 e. The van der Waals surface area contributed by atoms with E-state index >= 15 is 0 Å². The van der Waals surface area contributed by atoms with Crippen LogP contribution in [-0.4, -0.2) is 29.6 Å². The molecule has 7 heteroatoms. The SMILES string of the molecule is CCOc1c(Br)cc(C(=O)Nc2nc3ccccc3[nH]2)cc1OC. The molecule has 1 aromatic heterocycles. The fourth-order valence-electron chi connectivity index (χ4n) is 2.33. The highest BCUT2D eigenvalue weighted by atomic mass is 79.9. The van der Waals surface area contributed by atoms with E-state index in [9.17, 15) is 4.79 Å². The Morgan fingerprint density at radius 2 is 2.12 bits per heavy atom. The third-order valence-electron chi connectivity index (χ3n) is 3.40. The predicted molar refractivity (Wildman–Crippen MR) is 95.9 cm³/mol. The highest BCUT2D eigenvalue weighted by Gasteiger charge is 2.16. The molecular formula is C17H16BrN3O3. The van der Waals surface area contributed by atoms with Crippen molar-refractivity contribution in [2.24, 2.45) is 0 Å². The summed E-state index contributed by atoms with van der Waals surface area (Å²) in [5.74, 6) is 1.16. The van der Waals surface area contributed by atoms with Gasteiger partial charge in [-0.1, -0.05) is 12.1 Å². The van der Waals surface area contributed by atoms with E-state index in [0.717, 1.165) is 11.0 Å². The van der Waals surface area contributed by atoms with Gasteiger partial charge in [0.15, 0.2) is 11.5 Å². The molecule has 1 heterocycles. The van der Waals surface area contributed by atoms with Gasteiger partial charge in [-0.3, -0.25) is 10.1 Å². The van der Waals surface area contributed by atoms with Crippen LogP contribution in [0, 0.1) is 0 Å². The Hall–Kier alpha value is -2.54. The second-order valence-corrected chi connectivity index (χ2v) is 5.83. The molecule has 3 aromatic rings. The van der Waals surface area contributed by atoms with Gasteiger partial charge in [0.05, 0.1) is 29.2 Å². The Morgan fingerprint density at radius 1 is 1.33 bits per heavy atom. The summed E-state index contributed by atoms with van der Waals surface area (Å²) in [5.41, 5.74) is 2.08. The number of methoxy groups -OCH3 is 1. The molecule has 2 N–H and O–H groups in total. The molecular weight excluding hydrogens is 374 g/mol. The van der Waals surface area contributed by atoms with Crippen LogP contribution >= 0.6 is 15.9 Å². The quantitative estimate of drug-likeness (QED) is 0.691. The number of amides is 1.